The third-order valence-corrected chi connectivity index (χ3v) is 7.72. The standard InChI is InChI=1S/C17H21ClN2O2S2/c1-13-3-5-16(11-14(13)2)24(21,22)20-9-7-19(8-10-20)12-15-4-6-17(18)23-15/h3-6,11H,7-10,12H2,1-2H3/p+1. The molecule has 1 saturated heterocycles. The molecule has 0 atom stereocenters. The van der Waals surface area contributed by atoms with Gasteiger partial charge in [0.25, 0.3) is 0 Å². The van der Waals surface area contributed by atoms with Crippen LogP contribution in [0.3, 0.4) is 0 Å². The average Bonchev–Trinajstić information content (AvgIpc) is 2.95. The van der Waals surface area contributed by atoms with Crippen molar-refractivity contribution in [3.63, 3.8) is 0 Å². The fourth-order valence-corrected chi connectivity index (χ4v) is 5.62. The molecule has 0 amide bonds. The summed E-state index contributed by atoms with van der Waals surface area (Å²) >= 11 is 7.57. The number of piperazine rings is 1. The van der Waals surface area contributed by atoms with Crippen LogP contribution in [0, 0.1) is 13.8 Å². The van der Waals surface area contributed by atoms with Gasteiger partial charge in [-0.25, -0.2) is 8.42 Å². The Morgan fingerprint density at radius 3 is 2.42 bits per heavy atom. The summed E-state index contributed by atoms with van der Waals surface area (Å²) in [4.78, 5) is 3.06. The predicted molar refractivity (Wildman–Crippen MR) is 98.4 cm³/mol. The van der Waals surface area contributed by atoms with E-state index in [0.717, 1.165) is 35.1 Å². The highest BCUT2D eigenvalue weighted by atomic mass is 35.5. The van der Waals surface area contributed by atoms with Gasteiger partial charge < -0.3 is 4.90 Å². The van der Waals surface area contributed by atoms with Gasteiger partial charge in [0.1, 0.15) is 6.54 Å². The first-order chi connectivity index (χ1) is 11.4. The van der Waals surface area contributed by atoms with Gasteiger partial charge in [-0.1, -0.05) is 17.7 Å². The third kappa shape index (κ3) is 3.83. The summed E-state index contributed by atoms with van der Waals surface area (Å²) in [6, 6.07) is 9.34. The third-order valence-electron chi connectivity index (χ3n) is 4.60. The van der Waals surface area contributed by atoms with Crippen molar-refractivity contribution in [2.45, 2.75) is 25.3 Å². The lowest BCUT2D eigenvalue weighted by molar-refractivity contribution is -0.917. The Kier molecular flexibility index (Phi) is 5.32. The van der Waals surface area contributed by atoms with Crippen molar-refractivity contribution in [2.24, 2.45) is 0 Å². The highest BCUT2D eigenvalue weighted by Crippen LogP contribution is 2.21. The maximum atomic E-state index is 12.8. The molecule has 0 spiro atoms. The summed E-state index contributed by atoms with van der Waals surface area (Å²) in [7, 11) is -3.39. The Hall–Kier alpha value is -0.920. The minimum absolute atomic E-state index is 0.402. The first-order valence-electron chi connectivity index (χ1n) is 8.01. The second-order valence-electron chi connectivity index (χ2n) is 6.28. The molecule has 1 fully saturated rings. The van der Waals surface area contributed by atoms with Gasteiger partial charge >= 0.3 is 0 Å². The summed E-state index contributed by atoms with van der Waals surface area (Å²) < 4.78 is 28.1. The number of thiophene rings is 1. The van der Waals surface area contributed by atoms with Crippen molar-refractivity contribution >= 4 is 33.0 Å². The molecule has 2 aromatic rings. The van der Waals surface area contributed by atoms with Crippen molar-refractivity contribution in [1.82, 2.24) is 4.31 Å². The SMILES string of the molecule is Cc1ccc(S(=O)(=O)N2CC[NH+](Cc3ccc(Cl)s3)CC2)cc1C. The van der Waals surface area contributed by atoms with Crippen LogP contribution in [0.4, 0.5) is 0 Å². The summed E-state index contributed by atoms with van der Waals surface area (Å²) in [5.74, 6) is 0. The van der Waals surface area contributed by atoms with Crippen molar-refractivity contribution in [3.05, 3.63) is 50.7 Å². The molecule has 0 radical (unpaired) electrons. The second-order valence-corrected chi connectivity index (χ2v) is 10.0. The van der Waals surface area contributed by atoms with Gasteiger partial charge in [0.05, 0.1) is 40.3 Å². The summed E-state index contributed by atoms with van der Waals surface area (Å²) in [6.45, 7) is 7.61. The maximum absolute atomic E-state index is 12.8. The van der Waals surface area contributed by atoms with E-state index in [-0.39, 0.29) is 0 Å². The Morgan fingerprint density at radius 1 is 1.12 bits per heavy atom. The zero-order chi connectivity index (χ0) is 17.3. The van der Waals surface area contributed by atoms with Crippen LogP contribution >= 0.6 is 22.9 Å². The second kappa shape index (κ2) is 7.14. The molecule has 1 aromatic carbocycles. The first kappa shape index (κ1) is 17.9. The molecule has 1 N–H and O–H groups in total. The fourth-order valence-electron chi connectivity index (χ4n) is 2.94. The van der Waals surface area contributed by atoms with Crippen LogP contribution in [0.25, 0.3) is 0 Å². The van der Waals surface area contributed by atoms with Crippen LogP contribution in [0.15, 0.2) is 35.2 Å². The number of sulfonamides is 1. The largest absolute Gasteiger partial charge is 0.328 e. The van der Waals surface area contributed by atoms with E-state index in [0.29, 0.717) is 18.0 Å². The number of nitrogens with zero attached hydrogens (tertiary/aromatic N) is 1. The smallest absolute Gasteiger partial charge is 0.243 e. The van der Waals surface area contributed by atoms with E-state index in [1.165, 1.54) is 9.78 Å². The summed E-state index contributed by atoms with van der Waals surface area (Å²) in [5, 5.41) is 0. The minimum Gasteiger partial charge on any atom is -0.328 e. The topological polar surface area (TPSA) is 41.8 Å². The van der Waals surface area contributed by atoms with Crippen molar-refractivity contribution in [3.8, 4) is 0 Å². The maximum Gasteiger partial charge on any atom is 0.243 e. The fraction of sp³-hybridized carbons (Fsp3) is 0.412. The number of quaternary nitrogens is 1. The Balaban J connectivity index is 1.65. The molecule has 2 heterocycles. The van der Waals surface area contributed by atoms with Gasteiger partial charge in [0.2, 0.25) is 10.0 Å². The van der Waals surface area contributed by atoms with Gasteiger partial charge in [0.15, 0.2) is 0 Å². The molecular weight excluding hydrogens is 364 g/mol. The normalized spacial score (nSPS) is 17.3. The molecule has 1 aliphatic rings. The summed E-state index contributed by atoms with van der Waals surface area (Å²) in [5.41, 5.74) is 2.12. The number of nitrogens with one attached hydrogen (secondary N) is 1. The molecule has 3 rings (SSSR count). The van der Waals surface area contributed by atoms with Crippen LogP contribution in [0.5, 0.6) is 0 Å². The van der Waals surface area contributed by atoms with E-state index in [4.69, 9.17) is 11.6 Å². The van der Waals surface area contributed by atoms with Gasteiger partial charge in [-0.2, -0.15) is 4.31 Å². The average molecular weight is 386 g/mol. The van der Waals surface area contributed by atoms with Gasteiger partial charge in [-0.15, -0.1) is 11.3 Å². The van der Waals surface area contributed by atoms with Gasteiger partial charge in [-0.3, -0.25) is 0 Å². The van der Waals surface area contributed by atoms with Crippen LogP contribution in [-0.4, -0.2) is 38.9 Å². The van der Waals surface area contributed by atoms with Crippen molar-refractivity contribution in [2.75, 3.05) is 26.2 Å². The highest BCUT2D eigenvalue weighted by molar-refractivity contribution is 7.89. The Morgan fingerprint density at radius 2 is 1.83 bits per heavy atom. The lowest BCUT2D eigenvalue weighted by atomic mass is 10.1. The molecule has 7 heteroatoms. The number of rotatable bonds is 4. The molecule has 0 bridgehead atoms. The molecule has 1 aromatic heterocycles. The Bertz CT molecular complexity index is 825. The Labute approximate surface area is 152 Å². The number of hydrogen-bond donors (Lipinski definition) is 1. The van der Waals surface area contributed by atoms with Gasteiger partial charge in [-0.05, 0) is 49.2 Å². The van der Waals surface area contributed by atoms with E-state index >= 15 is 0 Å². The zero-order valence-corrected chi connectivity index (χ0v) is 16.3. The predicted octanol–water partition coefficient (Wildman–Crippen LogP) is 2.11. The van der Waals surface area contributed by atoms with E-state index in [9.17, 15) is 8.42 Å². The van der Waals surface area contributed by atoms with E-state index < -0.39 is 10.0 Å². The quantitative estimate of drug-likeness (QED) is 0.875. The van der Waals surface area contributed by atoms with Crippen molar-refractivity contribution < 1.29 is 13.3 Å². The van der Waals surface area contributed by atoms with E-state index in [1.807, 2.05) is 26.0 Å². The molecule has 0 aliphatic carbocycles. The molecule has 1 aliphatic heterocycles. The highest BCUT2D eigenvalue weighted by Gasteiger charge is 2.30. The van der Waals surface area contributed by atoms with Crippen LogP contribution in [-0.2, 0) is 16.6 Å². The minimum atomic E-state index is -3.39. The molecule has 130 valence electrons. The number of benzene rings is 1. The number of hydrogen-bond acceptors (Lipinski definition) is 3. The number of aryl methyl sites for hydroxylation is 2. The van der Waals surface area contributed by atoms with Crippen LogP contribution in [0.2, 0.25) is 4.34 Å². The lowest BCUT2D eigenvalue weighted by Gasteiger charge is -2.31. The van der Waals surface area contributed by atoms with Crippen LogP contribution < -0.4 is 4.90 Å². The van der Waals surface area contributed by atoms with E-state index in [1.54, 1.807) is 27.8 Å². The molecule has 24 heavy (non-hydrogen) atoms. The monoisotopic (exact) mass is 385 g/mol. The molecule has 0 saturated carbocycles. The lowest BCUT2D eigenvalue weighted by Crippen LogP contribution is -3.13. The van der Waals surface area contributed by atoms with Crippen LogP contribution in [0.1, 0.15) is 16.0 Å². The molecular formula is C17H22ClN2O2S2+. The zero-order valence-electron chi connectivity index (χ0n) is 13.9. The first-order valence-corrected chi connectivity index (χ1v) is 10.6. The van der Waals surface area contributed by atoms with E-state index in [2.05, 4.69) is 6.07 Å². The van der Waals surface area contributed by atoms with Crippen molar-refractivity contribution in [1.29, 1.82) is 0 Å². The summed E-state index contributed by atoms with van der Waals surface area (Å²) in [6.07, 6.45) is 0. The van der Waals surface area contributed by atoms with Gasteiger partial charge in [0, 0.05) is 0 Å². The molecule has 4 nitrogen and oxygen atoms in total. The molecule has 0 unspecified atom stereocenters. The number of halogens is 1.